The summed E-state index contributed by atoms with van der Waals surface area (Å²) in [7, 11) is 0. The molecule has 0 bridgehead atoms. The third kappa shape index (κ3) is 5.56. The van der Waals surface area contributed by atoms with E-state index in [0.717, 1.165) is 24.8 Å². The molecule has 2 aliphatic rings. The summed E-state index contributed by atoms with van der Waals surface area (Å²) < 4.78 is 0. The molecule has 0 aromatic heterocycles. The number of carboxylic acids is 2. The maximum atomic E-state index is 13.0. The van der Waals surface area contributed by atoms with E-state index in [0.29, 0.717) is 12.8 Å². The van der Waals surface area contributed by atoms with E-state index in [9.17, 15) is 24.6 Å². The molecular formula is C21H34N4O5. The second-order valence-corrected chi connectivity index (χ2v) is 7.86. The highest BCUT2D eigenvalue weighted by Gasteiger charge is 2.47. The first-order valence-electron chi connectivity index (χ1n) is 9.92. The highest BCUT2D eigenvalue weighted by atomic mass is 16.4. The lowest BCUT2D eigenvalue weighted by molar-refractivity contribution is -0.311. The first-order valence-corrected chi connectivity index (χ1v) is 9.92. The lowest BCUT2D eigenvalue weighted by atomic mass is 10.0. The van der Waals surface area contributed by atoms with Crippen LogP contribution >= 0.6 is 0 Å². The molecule has 1 amide bonds. The largest absolute Gasteiger partial charge is 0.548 e. The fourth-order valence-corrected chi connectivity index (χ4v) is 4.64. The maximum absolute atomic E-state index is 13.0. The van der Waals surface area contributed by atoms with Crippen LogP contribution in [0.25, 0.3) is 0 Å². The maximum Gasteiger partial charge on any atom is 0.240 e. The molecule has 1 aliphatic carbocycles. The highest BCUT2D eigenvalue weighted by Crippen LogP contribution is 2.41. The Morgan fingerprint density at radius 1 is 1.13 bits per heavy atom. The minimum absolute atomic E-state index is 0. The smallest absolute Gasteiger partial charge is 0.240 e. The molecule has 1 saturated heterocycles. The predicted octanol–water partition coefficient (Wildman–Crippen LogP) is -0.0123. The van der Waals surface area contributed by atoms with Gasteiger partial charge in [0.1, 0.15) is 0 Å². The van der Waals surface area contributed by atoms with Crippen LogP contribution in [-0.4, -0.2) is 46.9 Å². The number of aliphatic carboxylic acids is 2. The Kier molecular flexibility index (Phi) is 9.41. The van der Waals surface area contributed by atoms with Gasteiger partial charge in [0.05, 0.1) is 24.0 Å². The number of carbonyl (C=O) groups is 3. The molecule has 168 valence electrons. The van der Waals surface area contributed by atoms with Crippen LogP contribution in [-0.2, 0) is 20.8 Å². The molecule has 30 heavy (non-hydrogen) atoms. The number of nitrogens with zero attached hydrogens (tertiary/aromatic N) is 1. The monoisotopic (exact) mass is 422 g/mol. The Labute approximate surface area is 177 Å². The Balaban J connectivity index is 0.00000225. The summed E-state index contributed by atoms with van der Waals surface area (Å²) >= 11 is 0. The van der Waals surface area contributed by atoms with Crippen molar-refractivity contribution in [3.8, 4) is 0 Å². The molecule has 3 rings (SSSR count). The molecular weight excluding hydrogens is 388 g/mol. The average Bonchev–Trinajstić information content (AvgIpc) is 3.26. The SMILES string of the molecule is C[C@H](N[C@@H](CCc1ccccc1)C(=O)[O-])C(=O)N1[C@H](C(=O)[O-])C[C@@H]2CCC[C@@H]21.[NH4+].[NH4+]. The topological polar surface area (TPSA) is 186 Å². The van der Waals surface area contributed by atoms with Crippen LogP contribution < -0.4 is 27.8 Å². The van der Waals surface area contributed by atoms with Crippen LogP contribution in [0.4, 0.5) is 0 Å². The zero-order valence-electron chi connectivity index (χ0n) is 18.0. The summed E-state index contributed by atoms with van der Waals surface area (Å²) in [5.74, 6) is -2.70. The summed E-state index contributed by atoms with van der Waals surface area (Å²) in [4.78, 5) is 37.5. The summed E-state index contributed by atoms with van der Waals surface area (Å²) in [6.07, 6.45) is 3.90. The molecule has 1 aromatic rings. The van der Waals surface area contributed by atoms with E-state index in [1.54, 1.807) is 6.92 Å². The summed E-state index contributed by atoms with van der Waals surface area (Å²) in [6.45, 7) is 1.58. The first kappa shape index (κ1) is 25.5. The first-order chi connectivity index (χ1) is 13.4. The molecule has 9 N–H and O–H groups in total. The van der Waals surface area contributed by atoms with Crippen molar-refractivity contribution >= 4 is 17.8 Å². The van der Waals surface area contributed by atoms with Crippen molar-refractivity contribution in [2.75, 3.05) is 0 Å². The quantitative estimate of drug-likeness (QED) is 0.528. The Morgan fingerprint density at radius 2 is 1.80 bits per heavy atom. The van der Waals surface area contributed by atoms with E-state index in [-0.39, 0.29) is 36.6 Å². The van der Waals surface area contributed by atoms with Crippen LogP contribution in [0.3, 0.4) is 0 Å². The van der Waals surface area contributed by atoms with E-state index in [1.165, 1.54) is 4.90 Å². The fourth-order valence-electron chi connectivity index (χ4n) is 4.64. The minimum atomic E-state index is -1.27. The number of hydrogen-bond donors (Lipinski definition) is 3. The van der Waals surface area contributed by atoms with Crippen molar-refractivity contribution in [1.29, 1.82) is 0 Å². The summed E-state index contributed by atoms with van der Waals surface area (Å²) in [5, 5.41) is 25.9. The van der Waals surface area contributed by atoms with Crippen LogP contribution in [0.15, 0.2) is 30.3 Å². The normalized spacial score (nSPS) is 24.2. The van der Waals surface area contributed by atoms with Gasteiger partial charge in [-0.1, -0.05) is 36.8 Å². The number of amides is 1. The van der Waals surface area contributed by atoms with Gasteiger partial charge in [0, 0.05) is 12.1 Å². The molecule has 2 fully saturated rings. The van der Waals surface area contributed by atoms with Gasteiger partial charge in [0.2, 0.25) is 5.91 Å². The molecule has 1 aromatic carbocycles. The number of nitrogens with one attached hydrogen (secondary N) is 1. The van der Waals surface area contributed by atoms with E-state index in [1.807, 2.05) is 30.3 Å². The second kappa shape index (κ2) is 11.1. The minimum Gasteiger partial charge on any atom is -0.548 e. The molecule has 9 nitrogen and oxygen atoms in total. The fraction of sp³-hybridized carbons (Fsp3) is 0.571. The van der Waals surface area contributed by atoms with Crippen molar-refractivity contribution in [3.05, 3.63) is 35.9 Å². The molecule has 0 spiro atoms. The molecule has 1 saturated carbocycles. The molecule has 0 unspecified atom stereocenters. The number of quaternary nitrogens is 2. The summed E-state index contributed by atoms with van der Waals surface area (Å²) in [5.41, 5.74) is 1.000. The number of aryl methyl sites for hydroxylation is 1. The van der Waals surface area contributed by atoms with Gasteiger partial charge in [0.15, 0.2) is 0 Å². The van der Waals surface area contributed by atoms with Gasteiger partial charge in [0.25, 0.3) is 0 Å². The van der Waals surface area contributed by atoms with Gasteiger partial charge < -0.3 is 37.0 Å². The lowest BCUT2D eigenvalue weighted by Gasteiger charge is -2.34. The zero-order chi connectivity index (χ0) is 20.3. The zero-order valence-corrected chi connectivity index (χ0v) is 18.0. The third-order valence-electron chi connectivity index (χ3n) is 6.04. The second-order valence-electron chi connectivity index (χ2n) is 7.86. The lowest BCUT2D eigenvalue weighted by Crippen LogP contribution is -2.58. The van der Waals surface area contributed by atoms with E-state index >= 15 is 0 Å². The van der Waals surface area contributed by atoms with Gasteiger partial charge in [-0.3, -0.25) is 10.1 Å². The van der Waals surface area contributed by atoms with Crippen LogP contribution in [0.1, 0.15) is 44.6 Å². The van der Waals surface area contributed by atoms with Gasteiger partial charge in [-0.2, -0.15) is 0 Å². The van der Waals surface area contributed by atoms with E-state index in [2.05, 4.69) is 5.32 Å². The van der Waals surface area contributed by atoms with Crippen molar-refractivity contribution in [2.24, 2.45) is 5.92 Å². The number of fused-ring (bicyclic) bond motifs is 1. The summed E-state index contributed by atoms with van der Waals surface area (Å²) in [6, 6.07) is 6.64. The standard InChI is InChI=1S/C21H28N2O5.2H3N/c1-13(22-16(20(25)26)11-10-14-6-3-2-4-7-14)19(24)23-17-9-5-8-15(17)12-18(23)21(27)28;;/h2-4,6-7,13,15-18,22H,5,8-12H2,1H3,(H,25,26)(H,27,28);2*1H3/t13-,15-,16-,17-,18-;;/m0../s1. The molecule has 1 aliphatic heterocycles. The van der Waals surface area contributed by atoms with Gasteiger partial charge in [-0.15, -0.1) is 0 Å². The van der Waals surface area contributed by atoms with Crippen molar-refractivity contribution < 1.29 is 24.6 Å². The molecule has 9 heteroatoms. The van der Waals surface area contributed by atoms with E-state index in [4.69, 9.17) is 0 Å². The highest BCUT2D eigenvalue weighted by molar-refractivity contribution is 5.88. The molecule has 1 heterocycles. The van der Waals surface area contributed by atoms with Crippen molar-refractivity contribution in [3.63, 3.8) is 0 Å². The Bertz CT molecular complexity index is 729. The average molecular weight is 423 g/mol. The Hall–Kier alpha value is -2.49. The molecule has 0 radical (unpaired) electrons. The number of carboxylic acid groups (broad SMARTS) is 2. The number of rotatable bonds is 8. The predicted molar refractivity (Wildman–Crippen MR) is 110 cm³/mol. The van der Waals surface area contributed by atoms with Crippen molar-refractivity contribution in [2.45, 2.75) is 69.6 Å². The van der Waals surface area contributed by atoms with Crippen LogP contribution in [0, 0.1) is 5.92 Å². The number of benzene rings is 1. The van der Waals surface area contributed by atoms with Crippen molar-refractivity contribution in [1.82, 2.24) is 22.5 Å². The number of hydrogen-bond acceptors (Lipinski definition) is 6. The Morgan fingerprint density at radius 3 is 2.40 bits per heavy atom. The third-order valence-corrected chi connectivity index (χ3v) is 6.04. The van der Waals surface area contributed by atoms with Gasteiger partial charge in [-0.25, -0.2) is 0 Å². The van der Waals surface area contributed by atoms with Gasteiger partial charge in [-0.05, 0) is 50.5 Å². The van der Waals surface area contributed by atoms with Crippen LogP contribution in [0.5, 0.6) is 0 Å². The molecule has 5 atom stereocenters. The van der Waals surface area contributed by atoms with E-state index < -0.39 is 30.1 Å². The van der Waals surface area contributed by atoms with Gasteiger partial charge >= 0.3 is 0 Å². The number of likely N-dealkylation sites (tertiary alicyclic amines) is 1. The number of carbonyl (C=O) groups excluding carboxylic acids is 3. The van der Waals surface area contributed by atoms with Crippen LogP contribution in [0.2, 0.25) is 0 Å².